The lowest BCUT2D eigenvalue weighted by Crippen LogP contribution is -2.41. The summed E-state index contributed by atoms with van der Waals surface area (Å²) in [7, 11) is -0.706. The summed E-state index contributed by atoms with van der Waals surface area (Å²) in [6, 6.07) is 1.63. The van der Waals surface area contributed by atoms with Crippen molar-refractivity contribution in [1.82, 2.24) is 0 Å². The minimum Gasteiger partial charge on any atom is -0.507 e. The Labute approximate surface area is 129 Å². The molecule has 1 aromatic rings. The van der Waals surface area contributed by atoms with Gasteiger partial charge in [-0.2, -0.15) is 0 Å². The molecule has 22 heavy (non-hydrogen) atoms. The summed E-state index contributed by atoms with van der Waals surface area (Å²) in [6.07, 6.45) is 1.46. The standard InChI is InChI=1S/C15H20BF2NO3/c1-14(2)15(3,4)22-16(21-14)10(8-19)5-9-6-11(17)12(18)7-13(9)20/h5-7,20H,8,19H2,1-4H3. The third-order valence-corrected chi connectivity index (χ3v) is 4.20. The van der Waals surface area contributed by atoms with E-state index in [1.165, 1.54) is 6.08 Å². The van der Waals surface area contributed by atoms with Crippen LogP contribution < -0.4 is 5.73 Å². The summed E-state index contributed by atoms with van der Waals surface area (Å²) < 4.78 is 38.1. The van der Waals surface area contributed by atoms with Crippen molar-refractivity contribution in [3.8, 4) is 5.75 Å². The van der Waals surface area contributed by atoms with Crippen LogP contribution in [0.15, 0.2) is 17.6 Å². The molecular weight excluding hydrogens is 291 g/mol. The summed E-state index contributed by atoms with van der Waals surface area (Å²) in [6.45, 7) is 7.69. The number of hydrogen-bond donors (Lipinski definition) is 2. The molecule has 1 aliphatic heterocycles. The number of benzene rings is 1. The van der Waals surface area contributed by atoms with Crippen LogP contribution >= 0.6 is 0 Å². The Hall–Kier alpha value is -1.44. The van der Waals surface area contributed by atoms with E-state index in [1.54, 1.807) is 0 Å². The quantitative estimate of drug-likeness (QED) is 0.842. The van der Waals surface area contributed by atoms with Crippen LogP contribution in [-0.4, -0.2) is 30.0 Å². The number of hydrogen-bond acceptors (Lipinski definition) is 4. The molecule has 0 aliphatic carbocycles. The van der Waals surface area contributed by atoms with Crippen LogP contribution in [0.4, 0.5) is 8.78 Å². The Morgan fingerprint density at radius 1 is 1.18 bits per heavy atom. The van der Waals surface area contributed by atoms with E-state index in [0.29, 0.717) is 5.47 Å². The normalized spacial score (nSPS) is 20.5. The van der Waals surface area contributed by atoms with Crippen LogP contribution in [0.2, 0.25) is 0 Å². The van der Waals surface area contributed by atoms with Gasteiger partial charge >= 0.3 is 7.12 Å². The highest BCUT2D eigenvalue weighted by atomic mass is 19.2. The molecule has 1 fully saturated rings. The van der Waals surface area contributed by atoms with Crippen molar-refractivity contribution in [3.63, 3.8) is 0 Å². The first kappa shape index (κ1) is 16.9. The average molecular weight is 311 g/mol. The van der Waals surface area contributed by atoms with E-state index in [4.69, 9.17) is 15.0 Å². The predicted molar refractivity (Wildman–Crippen MR) is 81.1 cm³/mol. The van der Waals surface area contributed by atoms with Gasteiger partial charge in [-0.3, -0.25) is 0 Å². The van der Waals surface area contributed by atoms with E-state index in [1.807, 2.05) is 27.7 Å². The Kier molecular flexibility index (Phi) is 4.34. The fourth-order valence-corrected chi connectivity index (χ4v) is 2.08. The van der Waals surface area contributed by atoms with Crippen LogP contribution in [0, 0.1) is 11.6 Å². The molecule has 4 nitrogen and oxygen atoms in total. The van der Waals surface area contributed by atoms with E-state index in [-0.39, 0.29) is 17.9 Å². The molecule has 120 valence electrons. The summed E-state index contributed by atoms with van der Waals surface area (Å²) >= 11 is 0. The lowest BCUT2D eigenvalue weighted by molar-refractivity contribution is 0.00578. The Balaban J connectivity index is 2.36. The molecule has 0 saturated carbocycles. The fourth-order valence-electron chi connectivity index (χ4n) is 2.08. The van der Waals surface area contributed by atoms with Crippen LogP contribution in [-0.2, 0) is 9.31 Å². The van der Waals surface area contributed by atoms with Crippen LogP contribution in [0.25, 0.3) is 6.08 Å². The largest absolute Gasteiger partial charge is 0.507 e. The topological polar surface area (TPSA) is 64.7 Å². The number of aromatic hydroxyl groups is 1. The molecule has 0 amide bonds. The van der Waals surface area contributed by atoms with Crippen molar-refractivity contribution in [1.29, 1.82) is 0 Å². The van der Waals surface area contributed by atoms with Gasteiger partial charge < -0.3 is 20.1 Å². The molecule has 0 bridgehead atoms. The van der Waals surface area contributed by atoms with Crippen molar-refractivity contribution >= 4 is 13.2 Å². The third kappa shape index (κ3) is 3.02. The van der Waals surface area contributed by atoms with E-state index in [9.17, 15) is 13.9 Å². The lowest BCUT2D eigenvalue weighted by atomic mass is 9.77. The van der Waals surface area contributed by atoms with Gasteiger partial charge in [0.25, 0.3) is 0 Å². The van der Waals surface area contributed by atoms with Crippen molar-refractivity contribution in [2.45, 2.75) is 38.9 Å². The molecule has 0 aromatic heterocycles. The fraction of sp³-hybridized carbons (Fsp3) is 0.467. The van der Waals surface area contributed by atoms with Gasteiger partial charge in [0.15, 0.2) is 11.6 Å². The Morgan fingerprint density at radius 3 is 2.18 bits per heavy atom. The molecule has 0 unspecified atom stereocenters. The molecule has 1 heterocycles. The molecule has 0 spiro atoms. The SMILES string of the molecule is CC1(C)OB(C(=Cc2cc(F)c(F)cc2O)CN)OC1(C)C. The minimum atomic E-state index is -1.11. The Morgan fingerprint density at radius 2 is 1.68 bits per heavy atom. The van der Waals surface area contributed by atoms with Gasteiger partial charge in [0, 0.05) is 18.2 Å². The zero-order valence-electron chi connectivity index (χ0n) is 13.1. The summed E-state index contributed by atoms with van der Waals surface area (Å²) in [5, 5.41) is 9.73. The lowest BCUT2D eigenvalue weighted by Gasteiger charge is -2.32. The third-order valence-electron chi connectivity index (χ3n) is 4.20. The highest BCUT2D eigenvalue weighted by molar-refractivity contribution is 6.55. The summed E-state index contributed by atoms with van der Waals surface area (Å²) in [4.78, 5) is 0. The first-order valence-corrected chi connectivity index (χ1v) is 7.01. The van der Waals surface area contributed by atoms with Gasteiger partial charge in [-0.15, -0.1) is 0 Å². The van der Waals surface area contributed by atoms with Crippen molar-refractivity contribution in [3.05, 3.63) is 34.8 Å². The summed E-state index contributed by atoms with van der Waals surface area (Å²) in [5.74, 6) is -2.53. The highest BCUT2D eigenvalue weighted by Gasteiger charge is 2.52. The molecule has 7 heteroatoms. The van der Waals surface area contributed by atoms with Gasteiger partial charge in [-0.25, -0.2) is 8.78 Å². The van der Waals surface area contributed by atoms with Crippen LogP contribution in [0.3, 0.4) is 0 Å². The van der Waals surface area contributed by atoms with Gasteiger partial charge in [0.2, 0.25) is 0 Å². The van der Waals surface area contributed by atoms with Crippen LogP contribution in [0.5, 0.6) is 5.75 Å². The van der Waals surface area contributed by atoms with E-state index >= 15 is 0 Å². The molecule has 1 aromatic carbocycles. The number of phenolic OH excluding ortho intramolecular Hbond substituents is 1. The first-order valence-electron chi connectivity index (χ1n) is 7.01. The first-order chi connectivity index (χ1) is 10.1. The average Bonchev–Trinajstić information content (AvgIpc) is 2.61. The maximum Gasteiger partial charge on any atom is 0.491 e. The van der Waals surface area contributed by atoms with E-state index in [2.05, 4.69) is 0 Å². The molecule has 2 rings (SSSR count). The van der Waals surface area contributed by atoms with Crippen molar-refractivity contribution in [2.75, 3.05) is 6.54 Å². The predicted octanol–water partition coefficient (Wildman–Crippen LogP) is 2.64. The van der Waals surface area contributed by atoms with Crippen molar-refractivity contribution in [2.24, 2.45) is 5.73 Å². The smallest absolute Gasteiger partial charge is 0.491 e. The molecule has 0 radical (unpaired) electrons. The molecule has 0 atom stereocenters. The maximum absolute atomic E-state index is 13.3. The Bertz CT molecular complexity index is 601. The van der Waals surface area contributed by atoms with Crippen LogP contribution in [0.1, 0.15) is 33.3 Å². The van der Waals surface area contributed by atoms with Gasteiger partial charge in [-0.1, -0.05) is 6.08 Å². The zero-order chi connectivity index (χ0) is 16.7. The second kappa shape index (κ2) is 5.64. The second-order valence-electron chi connectivity index (χ2n) is 6.34. The summed E-state index contributed by atoms with van der Waals surface area (Å²) in [5.41, 5.74) is 5.29. The zero-order valence-corrected chi connectivity index (χ0v) is 13.1. The minimum absolute atomic E-state index is 0.0925. The van der Waals surface area contributed by atoms with Gasteiger partial charge in [0.1, 0.15) is 5.75 Å². The monoisotopic (exact) mass is 311 g/mol. The molecule has 1 saturated heterocycles. The highest BCUT2D eigenvalue weighted by Crippen LogP contribution is 2.39. The van der Waals surface area contributed by atoms with Gasteiger partial charge in [0.05, 0.1) is 11.2 Å². The van der Waals surface area contributed by atoms with Crippen molar-refractivity contribution < 1.29 is 23.2 Å². The molecule has 3 N–H and O–H groups in total. The number of halogens is 2. The number of nitrogens with two attached hydrogens (primary N) is 1. The molecule has 1 aliphatic rings. The number of phenols is 1. The second-order valence-corrected chi connectivity index (χ2v) is 6.34. The maximum atomic E-state index is 13.3. The number of rotatable bonds is 3. The van der Waals surface area contributed by atoms with Gasteiger partial charge in [-0.05, 0) is 39.2 Å². The molecular formula is C15H20BF2NO3. The van der Waals surface area contributed by atoms with E-state index < -0.39 is 30.0 Å². The van der Waals surface area contributed by atoms with E-state index in [0.717, 1.165) is 12.1 Å².